The first-order valence-electron chi connectivity index (χ1n) is 19.6. The SMILES string of the molecule is CCCCCCCCCCCCCOS(=O)(=O)O.CCCCCCCCCCCCCOS(=O)(=O)c1ccccc1.Cc1ccccc1C.O=CO.[NaH].[NaH]. The summed E-state index contributed by atoms with van der Waals surface area (Å²) in [7, 11) is -7.81. The quantitative estimate of drug-likeness (QED) is 0.0296. The van der Waals surface area contributed by atoms with Gasteiger partial charge in [0.05, 0.1) is 18.1 Å². The Balaban J connectivity index is -0.000000357. The van der Waals surface area contributed by atoms with E-state index in [1.54, 1.807) is 30.3 Å². The molecule has 0 unspecified atom stereocenters. The molecule has 0 amide bonds. The first-order valence-corrected chi connectivity index (χ1v) is 22.4. The van der Waals surface area contributed by atoms with Gasteiger partial charge in [0.2, 0.25) is 0 Å². The van der Waals surface area contributed by atoms with Crippen LogP contribution in [-0.2, 0) is 33.7 Å². The molecule has 0 heterocycles. The van der Waals surface area contributed by atoms with Crippen LogP contribution in [0, 0.1) is 13.8 Å². The summed E-state index contributed by atoms with van der Waals surface area (Å²) in [6.07, 6.45) is 27.0. The molecule has 2 aromatic carbocycles. The van der Waals surface area contributed by atoms with Crippen LogP contribution in [0.15, 0.2) is 59.5 Å². The molecule has 0 atom stereocenters. The Kier molecular flexibility index (Phi) is 49.0. The average molecular weight is 821 g/mol. The van der Waals surface area contributed by atoms with Gasteiger partial charge in [-0.1, -0.05) is 185 Å². The van der Waals surface area contributed by atoms with Crippen molar-refractivity contribution in [3.8, 4) is 0 Å². The predicted molar refractivity (Wildman–Crippen MR) is 229 cm³/mol. The molecule has 2 rings (SSSR count). The molecule has 0 bridgehead atoms. The number of hydrogen-bond donors (Lipinski definition) is 2. The summed E-state index contributed by atoms with van der Waals surface area (Å²) in [6, 6.07) is 16.7. The van der Waals surface area contributed by atoms with Crippen LogP contribution in [0.4, 0.5) is 0 Å². The van der Waals surface area contributed by atoms with Crippen LogP contribution < -0.4 is 0 Å². The van der Waals surface area contributed by atoms with Crippen LogP contribution in [0.1, 0.15) is 166 Å². The number of unbranched alkanes of at least 4 members (excludes halogenated alkanes) is 20. The van der Waals surface area contributed by atoms with E-state index in [1.807, 2.05) is 0 Å². The summed E-state index contributed by atoms with van der Waals surface area (Å²) in [4.78, 5) is 8.60. The normalized spacial score (nSPS) is 10.5. The van der Waals surface area contributed by atoms with Gasteiger partial charge in [-0.25, -0.2) is 4.18 Å². The van der Waals surface area contributed by atoms with Crippen molar-refractivity contribution in [2.45, 2.75) is 174 Å². The standard InChI is InChI=1S/C19H32O3S.C13H28O4S.C8H10.CH2O2.2Na.2H/c1-2-3-4-5-6-7-8-9-10-11-15-18-22-23(20,21)19-16-13-12-14-17-19;1-2-3-4-5-6-7-8-9-10-11-12-13-17-18(14,15)16;1-7-5-3-4-6-8(7)2;2-1-3;;;;/h12-14,16-17H,2-11,15,18H2,1H3;2-13H2,1H3,(H,14,15,16);3-6H,1-2H3;1H,(H,2,3);;;;. The molecule has 0 aromatic heterocycles. The number of carboxylic acid groups (broad SMARTS) is 1. The molecule has 0 fully saturated rings. The number of carbonyl (C=O) groups is 1. The third kappa shape index (κ3) is 44.4. The molecular formula is C41H74Na2O9S2. The number of benzene rings is 2. The molecule has 0 aliphatic carbocycles. The van der Waals surface area contributed by atoms with E-state index in [0.29, 0.717) is 6.42 Å². The summed E-state index contributed by atoms with van der Waals surface area (Å²) in [5.74, 6) is 0. The summed E-state index contributed by atoms with van der Waals surface area (Å²) in [5.41, 5.74) is 2.74. The van der Waals surface area contributed by atoms with Gasteiger partial charge in [0.1, 0.15) is 0 Å². The molecule has 0 aliphatic heterocycles. The van der Waals surface area contributed by atoms with Gasteiger partial charge in [-0.2, -0.15) is 16.8 Å². The Morgan fingerprint density at radius 1 is 0.500 bits per heavy atom. The van der Waals surface area contributed by atoms with Crippen molar-refractivity contribution in [2.24, 2.45) is 0 Å². The van der Waals surface area contributed by atoms with E-state index in [4.69, 9.17) is 18.6 Å². The van der Waals surface area contributed by atoms with E-state index in [2.05, 4.69) is 56.1 Å². The number of aryl methyl sites for hydroxylation is 2. The third-order valence-electron chi connectivity index (χ3n) is 8.42. The molecule has 2 N–H and O–H groups in total. The van der Waals surface area contributed by atoms with Gasteiger partial charge >= 0.3 is 69.5 Å². The van der Waals surface area contributed by atoms with E-state index >= 15 is 0 Å². The van der Waals surface area contributed by atoms with Crippen molar-refractivity contribution < 1.29 is 39.7 Å². The second kappa shape index (κ2) is 43.8. The van der Waals surface area contributed by atoms with Gasteiger partial charge in [-0.15, -0.1) is 0 Å². The van der Waals surface area contributed by atoms with Gasteiger partial charge < -0.3 is 5.11 Å². The van der Waals surface area contributed by atoms with Gasteiger partial charge in [-0.3, -0.25) is 13.5 Å². The first-order chi connectivity index (χ1) is 24.9. The Bertz CT molecular complexity index is 1260. The fraction of sp³-hybridized carbons (Fsp3) is 0.683. The van der Waals surface area contributed by atoms with E-state index in [9.17, 15) is 16.8 Å². The Morgan fingerprint density at radius 2 is 0.778 bits per heavy atom. The summed E-state index contributed by atoms with van der Waals surface area (Å²) >= 11 is 0. The van der Waals surface area contributed by atoms with Crippen molar-refractivity contribution >= 4 is 86.1 Å². The monoisotopic (exact) mass is 820 g/mol. The fourth-order valence-corrected chi connectivity index (χ4v) is 6.48. The summed E-state index contributed by atoms with van der Waals surface area (Å²) in [6.45, 7) is 8.84. The van der Waals surface area contributed by atoms with E-state index in [-0.39, 0.29) is 83.7 Å². The fourth-order valence-electron chi connectivity index (χ4n) is 5.18. The number of hydrogen-bond acceptors (Lipinski definition) is 7. The maximum atomic E-state index is 11.9. The predicted octanol–water partition coefficient (Wildman–Crippen LogP) is 10.5. The zero-order valence-electron chi connectivity index (χ0n) is 32.8. The molecule has 13 heteroatoms. The first kappa shape index (κ1) is 60.4. The van der Waals surface area contributed by atoms with Crippen LogP contribution in [0.25, 0.3) is 0 Å². The maximum absolute atomic E-state index is 11.9. The van der Waals surface area contributed by atoms with Gasteiger partial charge in [0.15, 0.2) is 0 Å². The number of rotatable bonds is 27. The van der Waals surface area contributed by atoms with Crippen molar-refractivity contribution in [1.29, 1.82) is 0 Å². The van der Waals surface area contributed by atoms with Gasteiger partial charge in [-0.05, 0) is 49.9 Å². The second-order valence-corrected chi connectivity index (χ2v) is 15.8. The molecule has 54 heavy (non-hydrogen) atoms. The van der Waals surface area contributed by atoms with Crippen LogP contribution >= 0.6 is 0 Å². The van der Waals surface area contributed by atoms with Crippen LogP contribution in [0.3, 0.4) is 0 Å². The molecule has 0 saturated carbocycles. The third-order valence-corrected chi connectivity index (χ3v) is 10.2. The van der Waals surface area contributed by atoms with Crippen LogP contribution in [0.5, 0.6) is 0 Å². The Hall–Kier alpha value is -0.310. The second-order valence-electron chi connectivity index (χ2n) is 13.1. The van der Waals surface area contributed by atoms with Crippen molar-refractivity contribution in [3.05, 3.63) is 65.7 Å². The zero-order chi connectivity index (χ0) is 39.2. The Labute approximate surface area is 375 Å². The average Bonchev–Trinajstić information content (AvgIpc) is 3.11. The van der Waals surface area contributed by atoms with E-state index in [1.165, 1.54) is 120 Å². The van der Waals surface area contributed by atoms with E-state index < -0.39 is 20.5 Å². The van der Waals surface area contributed by atoms with Crippen LogP contribution in [0.2, 0.25) is 0 Å². The van der Waals surface area contributed by atoms with Gasteiger partial charge in [0.25, 0.3) is 16.6 Å². The molecule has 2 aromatic rings. The molecular weight excluding hydrogens is 747 g/mol. The molecule has 0 spiro atoms. The van der Waals surface area contributed by atoms with Crippen molar-refractivity contribution in [2.75, 3.05) is 13.2 Å². The Morgan fingerprint density at radius 3 is 1.07 bits per heavy atom. The van der Waals surface area contributed by atoms with Crippen molar-refractivity contribution in [3.63, 3.8) is 0 Å². The minimum atomic E-state index is -4.24. The van der Waals surface area contributed by atoms with Crippen LogP contribution in [-0.4, -0.2) is 105 Å². The molecule has 0 radical (unpaired) electrons. The molecule has 9 nitrogen and oxygen atoms in total. The molecule has 306 valence electrons. The zero-order valence-corrected chi connectivity index (χ0v) is 34.4. The summed E-state index contributed by atoms with van der Waals surface area (Å²) < 4.78 is 61.9. The molecule has 0 saturated heterocycles. The molecule has 0 aliphatic rings. The van der Waals surface area contributed by atoms with Crippen molar-refractivity contribution in [1.82, 2.24) is 0 Å². The summed E-state index contributed by atoms with van der Waals surface area (Å²) in [5, 5.41) is 6.89. The van der Waals surface area contributed by atoms with Gasteiger partial charge in [0, 0.05) is 0 Å². The minimum absolute atomic E-state index is 0. The topological polar surface area (TPSA) is 144 Å². The van der Waals surface area contributed by atoms with E-state index in [0.717, 1.165) is 25.7 Å².